The topological polar surface area (TPSA) is 98.7 Å². The maximum Gasteiger partial charge on any atom is 0.248 e. The summed E-state index contributed by atoms with van der Waals surface area (Å²) in [6, 6.07) is 14.4. The second kappa shape index (κ2) is 10.6. The Balaban J connectivity index is 1.58. The molecule has 2 bridgehead atoms. The fourth-order valence-corrected chi connectivity index (χ4v) is 9.87. The Bertz CT molecular complexity index is 1190. The number of nitrogens with one attached hydrogen (secondary N) is 2. The number of carbonyl (C=O) groups excluding carboxylic acids is 3. The van der Waals surface area contributed by atoms with E-state index >= 15 is 0 Å². The molecule has 196 valence electrons. The van der Waals surface area contributed by atoms with Gasteiger partial charge in [-0.3, -0.25) is 14.4 Å². The standard InChI is InChI=1S/C27H29BrClN3O4S/c1-2-12-30-24(34)20-21-26(36)32(19(14-33)15-6-4-3-5-7-15)23(27(21)13-18(28)22(20)37-27)25(35)31-17-10-8-16(29)9-11-17/h3-11,18-23,33H,2,12-14H2,1H3,(H,30,34)(H,31,35)/t18?,19-,20+,21+,22+,23?,27?/m1/s1. The predicted molar refractivity (Wildman–Crippen MR) is 149 cm³/mol. The van der Waals surface area contributed by atoms with E-state index in [4.69, 9.17) is 11.6 Å². The van der Waals surface area contributed by atoms with Gasteiger partial charge in [-0.2, -0.15) is 0 Å². The van der Waals surface area contributed by atoms with Crippen molar-refractivity contribution in [1.29, 1.82) is 0 Å². The molecular formula is C27H29BrClN3O4S. The number of fused-ring (bicyclic) bond motifs is 1. The lowest BCUT2D eigenvalue weighted by molar-refractivity contribution is -0.142. The molecule has 3 fully saturated rings. The first kappa shape index (κ1) is 26.5. The van der Waals surface area contributed by atoms with Crippen LogP contribution in [0.2, 0.25) is 5.02 Å². The van der Waals surface area contributed by atoms with Gasteiger partial charge >= 0.3 is 0 Å². The Morgan fingerprint density at radius 1 is 1.19 bits per heavy atom. The van der Waals surface area contributed by atoms with E-state index in [0.29, 0.717) is 23.7 Å². The third-order valence-corrected chi connectivity index (χ3v) is 11.1. The van der Waals surface area contributed by atoms with Crippen molar-refractivity contribution in [1.82, 2.24) is 10.2 Å². The number of carbonyl (C=O) groups is 3. The van der Waals surface area contributed by atoms with E-state index < -0.39 is 28.7 Å². The highest BCUT2D eigenvalue weighted by atomic mass is 79.9. The second-order valence-corrected chi connectivity index (χ2v) is 13.0. The molecule has 10 heteroatoms. The molecule has 1 spiro atoms. The maximum absolute atomic E-state index is 14.3. The van der Waals surface area contributed by atoms with Crippen LogP contribution >= 0.6 is 39.3 Å². The number of benzene rings is 2. The summed E-state index contributed by atoms with van der Waals surface area (Å²) < 4.78 is -0.803. The number of rotatable bonds is 8. The van der Waals surface area contributed by atoms with Gasteiger partial charge in [-0.25, -0.2) is 0 Å². The van der Waals surface area contributed by atoms with Crippen molar-refractivity contribution in [2.75, 3.05) is 18.5 Å². The minimum absolute atomic E-state index is 0.0194. The van der Waals surface area contributed by atoms with E-state index in [1.807, 2.05) is 37.3 Å². The number of alkyl halides is 1. The smallest absolute Gasteiger partial charge is 0.248 e. The lowest BCUT2D eigenvalue weighted by Gasteiger charge is -2.37. The normalized spacial score (nSPS) is 30.8. The molecule has 3 unspecified atom stereocenters. The lowest BCUT2D eigenvalue weighted by atomic mass is 9.70. The number of thioether (sulfide) groups is 1. The zero-order valence-corrected chi connectivity index (χ0v) is 23.4. The molecule has 5 rings (SSSR count). The molecule has 0 aliphatic carbocycles. The molecule has 0 radical (unpaired) electrons. The molecule has 3 aliphatic rings. The van der Waals surface area contributed by atoms with Gasteiger partial charge in [-0.15, -0.1) is 11.8 Å². The molecular weight excluding hydrogens is 578 g/mol. The summed E-state index contributed by atoms with van der Waals surface area (Å²) >= 11 is 11.4. The zero-order valence-electron chi connectivity index (χ0n) is 20.3. The molecule has 2 aromatic rings. The summed E-state index contributed by atoms with van der Waals surface area (Å²) in [6.45, 7) is 2.17. The molecule has 3 amide bonds. The summed E-state index contributed by atoms with van der Waals surface area (Å²) in [5, 5.41) is 16.9. The fourth-order valence-electron chi connectivity index (χ4n) is 6.14. The highest BCUT2D eigenvalue weighted by molar-refractivity contribution is 9.09. The van der Waals surface area contributed by atoms with Crippen molar-refractivity contribution in [3.05, 3.63) is 65.2 Å². The number of hydrogen-bond acceptors (Lipinski definition) is 5. The Hall–Kier alpha value is -2.07. The van der Waals surface area contributed by atoms with Crippen LogP contribution in [0.25, 0.3) is 0 Å². The van der Waals surface area contributed by atoms with Gasteiger partial charge in [0.2, 0.25) is 17.7 Å². The number of hydrogen-bond donors (Lipinski definition) is 3. The number of aliphatic hydroxyl groups excluding tert-OH is 1. The fraction of sp³-hybridized carbons (Fsp3) is 0.444. The molecule has 3 aliphatic heterocycles. The Morgan fingerprint density at radius 2 is 1.89 bits per heavy atom. The van der Waals surface area contributed by atoms with Crippen LogP contribution in [0.15, 0.2) is 54.6 Å². The van der Waals surface area contributed by atoms with Crippen LogP contribution in [0.1, 0.15) is 31.4 Å². The van der Waals surface area contributed by atoms with Crippen LogP contribution in [-0.2, 0) is 14.4 Å². The average Bonchev–Trinajstić information content (AvgIpc) is 3.49. The van der Waals surface area contributed by atoms with Gasteiger partial charge in [-0.1, -0.05) is 64.8 Å². The van der Waals surface area contributed by atoms with Gasteiger partial charge in [0, 0.05) is 27.3 Å². The SMILES string of the molecule is CCCNC(=O)[C@H]1[C@H]2C(=O)N([C@H](CO)c3ccccc3)C(C(=O)Nc3ccc(Cl)cc3)C23CC(Br)[C@@H]1S3. The van der Waals surface area contributed by atoms with E-state index in [9.17, 15) is 19.5 Å². The number of anilines is 1. The first-order valence-electron chi connectivity index (χ1n) is 12.5. The van der Waals surface area contributed by atoms with Crippen LogP contribution < -0.4 is 10.6 Å². The minimum Gasteiger partial charge on any atom is -0.394 e. The van der Waals surface area contributed by atoms with Crippen molar-refractivity contribution < 1.29 is 19.5 Å². The van der Waals surface area contributed by atoms with Crippen LogP contribution in [-0.4, -0.2) is 61.7 Å². The van der Waals surface area contributed by atoms with Gasteiger partial charge in [0.15, 0.2) is 0 Å². The molecule has 3 N–H and O–H groups in total. The Kier molecular flexibility index (Phi) is 7.60. The predicted octanol–water partition coefficient (Wildman–Crippen LogP) is 4.00. The summed E-state index contributed by atoms with van der Waals surface area (Å²) in [5.41, 5.74) is 1.30. The molecule has 7 atom stereocenters. The maximum atomic E-state index is 14.3. The van der Waals surface area contributed by atoms with Crippen molar-refractivity contribution in [3.8, 4) is 0 Å². The molecule has 0 saturated carbocycles. The molecule has 2 aromatic carbocycles. The van der Waals surface area contributed by atoms with Crippen LogP contribution in [0.5, 0.6) is 0 Å². The number of halogens is 2. The van der Waals surface area contributed by atoms with Gasteiger partial charge in [0.1, 0.15) is 6.04 Å². The first-order chi connectivity index (χ1) is 17.8. The Labute approximate surface area is 233 Å². The highest BCUT2D eigenvalue weighted by Gasteiger charge is 2.76. The molecule has 7 nitrogen and oxygen atoms in total. The number of amides is 3. The van der Waals surface area contributed by atoms with Gasteiger partial charge in [0.05, 0.1) is 29.2 Å². The first-order valence-corrected chi connectivity index (χ1v) is 14.6. The van der Waals surface area contributed by atoms with Crippen molar-refractivity contribution >= 4 is 62.7 Å². The van der Waals surface area contributed by atoms with E-state index in [1.165, 1.54) is 0 Å². The summed E-state index contributed by atoms with van der Waals surface area (Å²) in [6.07, 6.45) is 1.36. The van der Waals surface area contributed by atoms with E-state index in [-0.39, 0.29) is 34.4 Å². The van der Waals surface area contributed by atoms with Crippen molar-refractivity contribution in [2.24, 2.45) is 11.8 Å². The van der Waals surface area contributed by atoms with E-state index in [1.54, 1.807) is 40.9 Å². The number of nitrogens with zero attached hydrogens (tertiary/aromatic N) is 1. The van der Waals surface area contributed by atoms with Crippen LogP contribution in [0.4, 0.5) is 5.69 Å². The van der Waals surface area contributed by atoms with E-state index in [0.717, 1.165) is 12.0 Å². The van der Waals surface area contributed by atoms with Gasteiger partial charge in [-0.05, 0) is 42.7 Å². The lowest BCUT2D eigenvalue weighted by Crippen LogP contribution is -2.53. The largest absolute Gasteiger partial charge is 0.394 e. The minimum atomic E-state index is -0.878. The molecule has 3 heterocycles. The number of likely N-dealkylation sites (tertiary alicyclic amines) is 1. The third kappa shape index (κ3) is 4.47. The summed E-state index contributed by atoms with van der Waals surface area (Å²) in [5.74, 6) is -1.97. The summed E-state index contributed by atoms with van der Waals surface area (Å²) in [4.78, 5) is 43.2. The van der Waals surface area contributed by atoms with Crippen LogP contribution in [0.3, 0.4) is 0 Å². The van der Waals surface area contributed by atoms with E-state index in [2.05, 4.69) is 26.6 Å². The monoisotopic (exact) mass is 605 g/mol. The molecule has 0 aromatic heterocycles. The third-order valence-electron chi connectivity index (χ3n) is 7.63. The zero-order chi connectivity index (χ0) is 26.3. The second-order valence-electron chi connectivity index (χ2n) is 9.81. The van der Waals surface area contributed by atoms with Crippen molar-refractivity contribution in [2.45, 2.75) is 46.7 Å². The summed E-state index contributed by atoms with van der Waals surface area (Å²) in [7, 11) is 0. The average molecular weight is 607 g/mol. The number of aliphatic hydroxyl groups is 1. The van der Waals surface area contributed by atoms with Crippen LogP contribution in [0, 0.1) is 11.8 Å². The Morgan fingerprint density at radius 3 is 2.54 bits per heavy atom. The molecule has 37 heavy (non-hydrogen) atoms. The quantitative estimate of drug-likeness (QED) is 0.395. The van der Waals surface area contributed by atoms with Crippen molar-refractivity contribution in [3.63, 3.8) is 0 Å². The molecule has 3 saturated heterocycles. The highest BCUT2D eigenvalue weighted by Crippen LogP contribution is 2.68. The van der Waals surface area contributed by atoms with Gasteiger partial charge < -0.3 is 20.6 Å². The van der Waals surface area contributed by atoms with Gasteiger partial charge in [0.25, 0.3) is 0 Å².